The summed E-state index contributed by atoms with van der Waals surface area (Å²) < 4.78 is 37.5. The molecule has 0 saturated carbocycles. The zero-order valence-electron chi connectivity index (χ0n) is 9.75. The maximum absolute atomic E-state index is 12.5. The molecule has 0 spiro atoms. The molecule has 0 aliphatic rings. The Labute approximate surface area is 103 Å². The Balaban J connectivity index is 2.45. The van der Waals surface area contributed by atoms with E-state index in [0.717, 1.165) is 23.3 Å². The Morgan fingerprint density at radius 1 is 0.944 bits per heavy atom. The van der Waals surface area contributed by atoms with E-state index in [9.17, 15) is 13.2 Å². The number of aryl methyl sites for hydroxylation is 1. The highest BCUT2D eigenvalue weighted by atomic mass is 19.4. The van der Waals surface area contributed by atoms with Crippen molar-refractivity contribution in [2.45, 2.75) is 13.1 Å². The summed E-state index contributed by atoms with van der Waals surface area (Å²) in [5.74, 6) is 0. The second kappa shape index (κ2) is 4.37. The molecule has 1 nitrogen and oxygen atoms in total. The average molecular weight is 251 g/mol. The van der Waals surface area contributed by atoms with Crippen LogP contribution in [0.1, 0.15) is 11.1 Å². The highest BCUT2D eigenvalue weighted by molar-refractivity contribution is 5.76. The molecule has 0 fully saturated rings. The summed E-state index contributed by atoms with van der Waals surface area (Å²) in [5, 5.41) is 0. The molecule has 2 aromatic rings. The third-order valence-corrected chi connectivity index (χ3v) is 2.74. The third kappa shape index (κ3) is 2.47. The molecule has 0 saturated heterocycles. The number of anilines is 1. The first-order valence-corrected chi connectivity index (χ1v) is 5.42. The van der Waals surface area contributed by atoms with Crippen LogP contribution in [-0.2, 0) is 6.18 Å². The second-order valence-corrected chi connectivity index (χ2v) is 4.17. The number of nitrogens with two attached hydrogens (primary N) is 1. The molecule has 0 bridgehead atoms. The maximum atomic E-state index is 12.5. The molecule has 0 aromatic heterocycles. The number of halogens is 3. The summed E-state index contributed by atoms with van der Waals surface area (Å²) in [6.45, 7) is 1.94. The van der Waals surface area contributed by atoms with E-state index in [2.05, 4.69) is 0 Å². The summed E-state index contributed by atoms with van der Waals surface area (Å²) in [6, 6.07) is 10.9. The van der Waals surface area contributed by atoms with Crippen LogP contribution in [0.4, 0.5) is 18.9 Å². The van der Waals surface area contributed by atoms with E-state index in [1.54, 1.807) is 0 Å². The van der Waals surface area contributed by atoms with Gasteiger partial charge in [0.25, 0.3) is 0 Å². The molecule has 4 heteroatoms. The number of alkyl halides is 3. The summed E-state index contributed by atoms with van der Waals surface area (Å²) in [5.41, 5.74) is 7.61. The summed E-state index contributed by atoms with van der Waals surface area (Å²) in [6.07, 6.45) is -4.36. The maximum Gasteiger partial charge on any atom is 0.416 e. The molecule has 2 rings (SSSR count). The fourth-order valence-electron chi connectivity index (χ4n) is 1.74. The van der Waals surface area contributed by atoms with E-state index >= 15 is 0 Å². The van der Waals surface area contributed by atoms with Gasteiger partial charge in [-0.1, -0.05) is 35.9 Å². The zero-order chi connectivity index (χ0) is 13.3. The monoisotopic (exact) mass is 251 g/mol. The molecule has 0 unspecified atom stereocenters. The SMILES string of the molecule is Cc1ccc(-c2ccc(C(F)(F)F)cc2N)cc1. The summed E-state index contributed by atoms with van der Waals surface area (Å²) in [4.78, 5) is 0. The number of nitrogen functional groups attached to an aromatic ring is 1. The predicted octanol–water partition coefficient (Wildman–Crippen LogP) is 4.26. The molecule has 2 N–H and O–H groups in total. The van der Waals surface area contributed by atoms with E-state index in [4.69, 9.17) is 5.73 Å². The van der Waals surface area contributed by atoms with Gasteiger partial charge in [0.05, 0.1) is 5.56 Å². The molecule has 94 valence electrons. The van der Waals surface area contributed by atoms with Crippen LogP contribution in [-0.4, -0.2) is 0 Å². The van der Waals surface area contributed by atoms with Gasteiger partial charge in [0, 0.05) is 11.3 Å². The van der Waals surface area contributed by atoms with Gasteiger partial charge in [-0.25, -0.2) is 0 Å². The first-order valence-electron chi connectivity index (χ1n) is 5.42. The lowest BCUT2D eigenvalue weighted by atomic mass is 10.0. The van der Waals surface area contributed by atoms with E-state index in [1.807, 2.05) is 31.2 Å². The molecule has 0 heterocycles. The Bertz CT molecular complexity index is 556. The first kappa shape index (κ1) is 12.5. The van der Waals surface area contributed by atoms with Crippen molar-refractivity contribution in [2.75, 3.05) is 5.73 Å². The van der Waals surface area contributed by atoms with Crippen LogP contribution in [0.5, 0.6) is 0 Å². The van der Waals surface area contributed by atoms with Crippen LogP contribution in [0.3, 0.4) is 0 Å². The van der Waals surface area contributed by atoms with Crippen LogP contribution < -0.4 is 5.73 Å². The molecular formula is C14H12F3N. The van der Waals surface area contributed by atoms with Crippen molar-refractivity contribution in [3.8, 4) is 11.1 Å². The highest BCUT2D eigenvalue weighted by Gasteiger charge is 2.30. The van der Waals surface area contributed by atoms with Gasteiger partial charge in [0.15, 0.2) is 0 Å². The van der Waals surface area contributed by atoms with Crippen molar-refractivity contribution >= 4 is 5.69 Å². The molecule has 2 aromatic carbocycles. The average Bonchev–Trinajstić information content (AvgIpc) is 2.29. The predicted molar refractivity (Wildman–Crippen MR) is 66.0 cm³/mol. The lowest BCUT2D eigenvalue weighted by molar-refractivity contribution is -0.137. The Morgan fingerprint density at radius 3 is 2.06 bits per heavy atom. The lowest BCUT2D eigenvalue weighted by Crippen LogP contribution is -2.05. The van der Waals surface area contributed by atoms with Gasteiger partial charge in [-0.05, 0) is 24.6 Å². The molecular weight excluding hydrogens is 239 g/mol. The Morgan fingerprint density at radius 2 is 1.56 bits per heavy atom. The Hall–Kier alpha value is -1.97. The normalized spacial score (nSPS) is 11.6. The van der Waals surface area contributed by atoms with Crippen LogP contribution >= 0.6 is 0 Å². The van der Waals surface area contributed by atoms with Crippen molar-refractivity contribution in [1.82, 2.24) is 0 Å². The van der Waals surface area contributed by atoms with Gasteiger partial charge in [-0.15, -0.1) is 0 Å². The minimum Gasteiger partial charge on any atom is -0.398 e. The third-order valence-electron chi connectivity index (χ3n) is 2.74. The zero-order valence-corrected chi connectivity index (χ0v) is 9.75. The molecule has 0 aliphatic carbocycles. The highest BCUT2D eigenvalue weighted by Crippen LogP contribution is 2.34. The van der Waals surface area contributed by atoms with Crippen molar-refractivity contribution in [3.05, 3.63) is 53.6 Å². The van der Waals surface area contributed by atoms with Crippen molar-refractivity contribution in [1.29, 1.82) is 0 Å². The topological polar surface area (TPSA) is 26.0 Å². The molecule has 0 aliphatic heterocycles. The largest absolute Gasteiger partial charge is 0.416 e. The van der Waals surface area contributed by atoms with E-state index in [-0.39, 0.29) is 5.69 Å². The molecule has 0 amide bonds. The fraction of sp³-hybridized carbons (Fsp3) is 0.143. The standard InChI is InChI=1S/C14H12F3N/c1-9-2-4-10(5-3-9)12-7-6-11(8-13(12)18)14(15,16)17/h2-8H,18H2,1H3. The van der Waals surface area contributed by atoms with E-state index in [1.165, 1.54) is 6.07 Å². The molecule has 0 radical (unpaired) electrons. The van der Waals surface area contributed by atoms with Crippen molar-refractivity contribution < 1.29 is 13.2 Å². The smallest absolute Gasteiger partial charge is 0.398 e. The summed E-state index contributed by atoms with van der Waals surface area (Å²) >= 11 is 0. The number of hydrogen-bond donors (Lipinski definition) is 1. The van der Waals surface area contributed by atoms with Crippen LogP contribution in [0, 0.1) is 6.92 Å². The van der Waals surface area contributed by atoms with Crippen LogP contribution in [0.25, 0.3) is 11.1 Å². The van der Waals surface area contributed by atoms with Crippen molar-refractivity contribution in [3.63, 3.8) is 0 Å². The minimum atomic E-state index is -4.36. The number of benzene rings is 2. The van der Waals surface area contributed by atoms with Gasteiger partial charge in [0.1, 0.15) is 0 Å². The van der Waals surface area contributed by atoms with Crippen LogP contribution in [0.15, 0.2) is 42.5 Å². The second-order valence-electron chi connectivity index (χ2n) is 4.17. The van der Waals surface area contributed by atoms with Gasteiger partial charge < -0.3 is 5.73 Å². The van der Waals surface area contributed by atoms with Crippen LogP contribution in [0.2, 0.25) is 0 Å². The van der Waals surface area contributed by atoms with Crippen molar-refractivity contribution in [2.24, 2.45) is 0 Å². The van der Waals surface area contributed by atoms with E-state index < -0.39 is 11.7 Å². The van der Waals surface area contributed by atoms with Gasteiger partial charge in [-0.2, -0.15) is 13.2 Å². The number of hydrogen-bond acceptors (Lipinski definition) is 1. The number of rotatable bonds is 1. The molecule has 0 atom stereocenters. The van der Waals surface area contributed by atoms with Gasteiger partial charge >= 0.3 is 6.18 Å². The van der Waals surface area contributed by atoms with Gasteiger partial charge in [0.2, 0.25) is 0 Å². The lowest BCUT2D eigenvalue weighted by Gasteiger charge is -2.11. The quantitative estimate of drug-likeness (QED) is 0.753. The fourth-order valence-corrected chi connectivity index (χ4v) is 1.74. The van der Waals surface area contributed by atoms with E-state index in [0.29, 0.717) is 5.56 Å². The summed E-state index contributed by atoms with van der Waals surface area (Å²) in [7, 11) is 0. The van der Waals surface area contributed by atoms with Gasteiger partial charge in [-0.3, -0.25) is 0 Å². The minimum absolute atomic E-state index is 0.133. The Kier molecular flexibility index (Phi) is 3.03. The first-order chi connectivity index (χ1) is 8.38. The molecule has 18 heavy (non-hydrogen) atoms.